The van der Waals surface area contributed by atoms with Gasteiger partial charge in [0.25, 0.3) is 0 Å². The molecule has 3 aromatic rings. The van der Waals surface area contributed by atoms with E-state index in [4.69, 9.17) is 27.1 Å². The number of ether oxygens (including phenoxy) is 1. The lowest BCUT2D eigenvalue weighted by molar-refractivity contribution is 0.0973. The molecule has 2 fully saturated rings. The quantitative estimate of drug-likeness (QED) is 0.575. The van der Waals surface area contributed by atoms with Gasteiger partial charge in [-0.2, -0.15) is 0 Å². The Morgan fingerprint density at radius 2 is 2.07 bits per heavy atom. The van der Waals surface area contributed by atoms with Crippen LogP contribution in [0, 0.1) is 12.3 Å². The van der Waals surface area contributed by atoms with E-state index in [9.17, 15) is 0 Å². The van der Waals surface area contributed by atoms with E-state index in [-0.39, 0.29) is 17.6 Å². The van der Waals surface area contributed by atoms with Crippen LogP contribution < -0.4 is 10.6 Å². The molecule has 5 rings (SSSR count). The Hall–Kier alpha value is -1.67. The number of halogens is 2. The molecule has 2 saturated heterocycles. The second-order valence-corrected chi connectivity index (χ2v) is 9.69. The van der Waals surface area contributed by atoms with Gasteiger partial charge in [0.2, 0.25) is 5.95 Å². The minimum absolute atomic E-state index is 0.0879. The van der Waals surface area contributed by atoms with Gasteiger partial charge in [-0.05, 0) is 48.7 Å². The standard InChI is InChI=1S/C22H25BrClN5O/c1-13-17(15-4-3-5-16(24)18(15)23)20-26-8-11-29(20)21(27-13)28-9-6-22(7-10-28)12-30-14(2)19(22)25/h3-5,8,11,14,19H,6-7,9-10,12,25H2,1-2H3. The minimum Gasteiger partial charge on any atom is -0.376 e. The van der Waals surface area contributed by atoms with Crippen LogP contribution in [0.2, 0.25) is 5.02 Å². The van der Waals surface area contributed by atoms with Crippen molar-refractivity contribution in [2.24, 2.45) is 11.1 Å². The predicted molar refractivity (Wildman–Crippen MR) is 123 cm³/mol. The van der Waals surface area contributed by atoms with Crippen LogP contribution in [0.5, 0.6) is 0 Å². The molecule has 0 saturated carbocycles. The number of fused-ring (bicyclic) bond motifs is 1. The summed E-state index contributed by atoms with van der Waals surface area (Å²) in [5, 5.41) is 0.673. The Morgan fingerprint density at radius 3 is 2.77 bits per heavy atom. The molecule has 8 heteroatoms. The fraction of sp³-hybridized carbons (Fsp3) is 0.455. The highest BCUT2D eigenvalue weighted by atomic mass is 79.9. The van der Waals surface area contributed by atoms with E-state index in [0.717, 1.165) is 65.4 Å². The lowest BCUT2D eigenvalue weighted by atomic mass is 9.73. The van der Waals surface area contributed by atoms with Gasteiger partial charge >= 0.3 is 0 Å². The molecule has 30 heavy (non-hydrogen) atoms. The summed E-state index contributed by atoms with van der Waals surface area (Å²) in [5.74, 6) is 0.928. The first-order valence-electron chi connectivity index (χ1n) is 10.3. The Morgan fingerprint density at radius 1 is 1.30 bits per heavy atom. The number of anilines is 1. The summed E-state index contributed by atoms with van der Waals surface area (Å²) in [6.07, 6.45) is 5.97. The van der Waals surface area contributed by atoms with Crippen molar-refractivity contribution in [2.75, 3.05) is 24.6 Å². The normalized spacial score (nSPS) is 23.6. The molecule has 2 aliphatic heterocycles. The zero-order valence-electron chi connectivity index (χ0n) is 17.1. The maximum absolute atomic E-state index is 6.49. The first kappa shape index (κ1) is 20.2. The molecule has 0 aliphatic carbocycles. The summed E-state index contributed by atoms with van der Waals surface area (Å²) in [5.41, 5.74) is 10.4. The maximum Gasteiger partial charge on any atom is 0.211 e. The number of imidazole rings is 1. The van der Waals surface area contributed by atoms with Crippen molar-refractivity contribution < 1.29 is 4.74 Å². The number of aromatic nitrogens is 3. The third-order valence-electron chi connectivity index (χ3n) is 6.82. The molecule has 0 amide bonds. The summed E-state index contributed by atoms with van der Waals surface area (Å²) >= 11 is 9.99. The number of nitrogens with two attached hydrogens (primary N) is 1. The van der Waals surface area contributed by atoms with Crippen LogP contribution in [-0.4, -0.2) is 46.2 Å². The molecule has 2 aromatic heterocycles. The summed E-state index contributed by atoms with van der Waals surface area (Å²) in [4.78, 5) is 12.0. The van der Waals surface area contributed by atoms with E-state index in [2.05, 4.69) is 37.1 Å². The van der Waals surface area contributed by atoms with E-state index < -0.39 is 0 Å². The predicted octanol–water partition coefficient (Wildman–Crippen LogP) is 4.45. The van der Waals surface area contributed by atoms with Crippen LogP contribution in [0.25, 0.3) is 16.8 Å². The highest BCUT2D eigenvalue weighted by Gasteiger charge is 2.47. The molecular formula is C22H25BrClN5O. The van der Waals surface area contributed by atoms with Crippen LogP contribution in [0.15, 0.2) is 35.1 Å². The molecule has 2 unspecified atom stereocenters. The number of piperidine rings is 1. The molecule has 1 spiro atoms. The van der Waals surface area contributed by atoms with E-state index in [1.807, 2.05) is 37.5 Å². The van der Waals surface area contributed by atoms with Gasteiger partial charge in [-0.15, -0.1) is 0 Å². The Bertz CT molecular complexity index is 1110. The third-order valence-corrected chi connectivity index (χ3v) is 8.22. The monoisotopic (exact) mass is 489 g/mol. The molecule has 0 bridgehead atoms. The maximum atomic E-state index is 6.49. The molecule has 6 nitrogen and oxygen atoms in total. The number of aryl methyl sites for hydroxylation is 1. The van der Waals surface area contributed by atoms with E-state index >= 15 is 0 Å². The first-order valence-corrected chi connectivity index (χ1v) is 11.5. The molecule has 4 heterocycles. The highest BCUT2D eigenvalue weighted by molar-refractivity contribution is 9.10. The summed E-state index contributed by atoms with van der Waals surface area (Å²) in [6, 6.07) is 5.97. The van der Waals surface area contributed by atoms with Crippen molar-refractivity contribution in [2.45, 2.75) is 38.8 Å². The Balaban J connectivity index is 1.52. The van der Waals surface area contributed by atoms with Crippen molar-refractivity contribution in [1.29, 1.82) is 0 Å². The largest absolute Gasteiger partial charge is 0.376 e. The third kappa shape index (κ3) is 3.06. The van der Waals surface area contributed by atoms with Gasteiger partial charge in [0.1, 0.15) is 5.65 Å². The van der Waals surface area contributed by atoms with Gasteiger partial charge in [0.15, 0.2) is 0 Å². The molecule has 158 valence electrons. The highest BCUT2D eigenvalue weighted by Crippen LogP contribution is 2.43. The van der Waals surface area contributed by atoms with E-state index in [1.54, 1.807) is 0 Å². The van der Waals surface area contributed by atoms with Gasteiger partial charge in [0.05, 0.1) is 23.4 Å². The Kier molecular flexibility index (Phi) is 5.05. The van der Waals surface area contributed by atoms with E-state index in [0.29, 0.717) is 5.02 Å². The second kappa shape index (κ2) is 7.48. The average Bonchev–Trinajstić information content (AvgIpc) is 3.32. The van der Waals surface area contributed by atoms with Gasteiger partial charge in [0, 0.05) is 52.5 Å². The SMILES string of the molecule is Cc1nc(N2CCC3(CC2)COC(C)C3N)n2ccnc2c1-c1cccc(Cl)c1Br. The van der Waals surface area contributed by atoms with Gasteiger partial charge in [-0.25, -0.2) is 9.97 Å². The fourth-order valence-electron chi connectivity index (χ4n) is 4.93. The van der Waals surface area contributed by atoms with Gasteiger partial charge in [-0.1, -0.05) is 23.7 Å². The second-order valence-electron chi connectivity index (χ2n) is 8.49. The minimum atomic E-state index is 0.0879. The fourth-order valence-corrected chi connectivity index (χ4v) is 5.57. The number of hydrogen-bond donors (Lipinski definition) is 1. The van der Waals surface area contributed by atoms with Gasteiger partial charge in [-0.3, -0.25) is 4.40 Å². The number of nitrogens with zero attached hydrogens (tertiary/aromatic N) is 4. The van der Waals surface area contributed by atoms with Gasteiger partial charge < -0.3 is 15.4 Å². The lowest BCUT2D eigenvalue weighted by Crippen LogP contribution is -2.51. The molecular weight excluding hydrogens is 466 g/mol. The molecule has 2 atom stereocenters. The first-order chi connectivity index (χ1) is 14.4. The van der Waals surface area contributed by atoms with Crippen LogP contribution in [0.3, 0.4) is 0 Å². The van der Waals surface area contributed by atoms with Crippen LogP contribution >= 0.6 is 27.5 Å². The molecule has 0 radical (unpaired) electrons. The number of rotatable bonds is 2. The zero-order chi connectivity index (χ0) is 21.0. The molecule has 2 aliphatic rings. The summed E-state index contributed by atoms with van der Waals surface area (Å²) < 4.78 is 8.82. The zero-order valence-corrected chi connectivity index (χ0v) is 19.4. The van der Waals surface area contributed by atoms with Crippen LogP contribution in [-0.2, 0) is 4.74 Å². The van der Waals surface area contributed by atoms with E-state index in [1.165, 1.54) is 0 Å². The lowest BCUT2D eigenvalue weighted by Gasteiger charge is -2.41. The molecule has 1 aromatic carbocycles. The smallest absolute Gasteiger partial charge is 0.211 e. The van der Waals surface area contributed by atoms with Crippen LogP contribution in [0.4, 0.5) is 5.95 Å². The van der Waals surface area contributed by atoms with Crippen LogP contribution in [0.1, 0.15) is 25.5 Å². The van der Waals surface area contributed by atoms with Crippen molar-refractivity contribution >= 4 is 39.1 Å². The Labute approximate surface area is 189 Å². The summed E-state index contributed by atoms with van der Waals surface area (Å²) in [6.45, 7) is 6.69. The number of hydrogen-bond acceptors (Lipinski definition) is 5. The molecule has 2 N–H and O–H groups in total. The van der Waals surface area contributed by atoms with Crippen molar-refractivity contribution in [3.8, 4) is 11.1 Å². The average molecular weight is 491 g/mol. The van der Waals surface area contributed by atoms with Crippen molar-refractivity contribution in [3.63, 3.8) is 0 Å². The number of benzene rings is 1. The summed E-state index contributed by atoms with van der Waals surface area (Å²) in [7, 11) is 0. The van der Waals surface area contributed by atoms with Crippen molar-refractivity contribution in [3.05, 3.63) is 45.8 Å². The topological polar surface area (TPSA) is 68.7 Å². The van der Waals surface area contributed by atoms with Crippen molar-refractivity contribution in [1.82, 2.24) is 14.4 Å².